The van der Waals surface area contributed by atoms with Gasteiger partial charge in [0, 0.05) is 6.42 Å². The van der Waals surface area contributed by atoms with Gasteiger partial charge in [0.1, 0.15) is 5.75 Å². The molecule has 110 valence electrons. The Kier molecular flexibility index (Phi) is 5.15. The van der Waals surface area contributed by atoms with Gasteiger partial charge in [0.2, 0.25) is 0 Å². The number of rotatable bonds is 5. The van der Waals surface area contributed by atoms with E-state index in [0.717, 1.165) is 0 Å². The number of ether oxygens (including phenoxy) is 1. The Balaban J connectivity index is 2.22. The SMILES string of the molecule is O=C(Cc1ccc(Cl)c(Cl)c1)c1ccccc1OC(F)F. The third-order valence-electron chi connectivity index (χ3n) is 2.75. The van der Waals surface area contributed by atoms with E-state index in [1.165, 1.54) is 18.2 Å². The largest absolute Gasteiger partial charge is 0.434 e. The Morgan fingerprint density at radius 3 is 2.48 bits per heavy atom. The van der Waals surface area contributed by atoms with Crippen molar-refractivity contribution >= 4 is 29.0 Å². The topological polar surface area (TPSA) is 26.3 Å². The molecule has 2 aromatic carbocycles. The van der Waals surface area contributed by atoms with Crippen molar-refractivity contribution < 1.29 is 18.3 Å². The van der Waals surface area contributed by atoms with Crippen LogP contribution in [0.3, 0.4) is 0 Å². The lowest BCUT2D eigenvalue weighted by Gasteiger charge is -2.10. The maximum Gasteiger partial charge on any atom is 0.387 e. The van der Waals surface area contributed by atoms with Crippen molar-refractivity contribution in [3.8, 4) is 5.75 Å². The first-order valence-corrected chi connectivity index (χ1v) is 6.74. The van der Waals surface area contributed by atoms with Gasteiger partial charge in [-0.1, -0.05) is 41.4 Å². The zero-order chi connectivity index (χ0) is 15.4. The lowest BCUT2D eigenvalue weighted by Crippen LogP contribution is -2.09. The van der Waals surface area contributed by atoms with E-state index in [4.69, 9.17) is 23.2 Å². The van der Waals surface area contributed by atoms with Gasteiger partial charge < -0.3 is 4.74 Å². The van der Waals surface area contributed by atoms with Crippen molar-refractivity contribution in [3.05, 3.63) is 63.6 Å². The Bertz CT molecular complexity index is 660. The van der Waals surface area contributed by atoms with Gasteiger partial charge in [-0.15, -0.1) is 0 Å². The summed E-state index contributed by atoms with van der Waals surface area (Å²) in [6.45, 7) is -2.98. The molecular formula is C15H10Cl2F2O2. The Morgan fingerprint density at radius 1 is 1.10 bits per heavy atom. The molecule has 0 aromatic heterocycles. The zero-order valence-electron chi connectivity index (χ0n) is 10.7. The maximum atomic E-state index is 12.3. The van der Waals surface area contributed by atoms with E-state index in [9.17, 15) is 13.6 Å². The number of carbonyl (C=O) groups is 1. The first kappa shape index (κ1) is 15.7. The summed E-state index contributed by atoms with van der Waals surface area (Å²) in [4.78, 5) is 12.2. The highest BCUT2D eigenvalue weighted by Gasteiger charge is 2.16. The van der Waals surface area contributed by atoms with Crippen LogP contribution in [0, 0.1) is 0 Å². The van der Waals surface area contributed by atoms with Crippen molar-refractivity contribution in [1.82, 2.24) is 0 Å². The highest BCUT2D eigenvalue weighted by atomic mass is 35.5. The van der Waals surface area contributed by atoms with Crippen LogP contribution in [-0.2, 0) is 6.42 Å². The number of hydrogen-bond acceptors (Lipinski definition) is 2. The third kappa shape index (κ3) is 4.16. The summed E-state index contributed by atoms with van der Waals surface area (Å²) >= 11 is 11.7. The van der Waals surface area contributed by atoms with E-state index >= 15 is 0 Å². The molecule has 21 heavy (non-hydrogen) atoms. The number of hydrogen-bond donors (Lipinski definition) is 0. The second kappa shape index (κ2) is 6.87. The average Bonchev–Trinajstić information content (AvgIpc) is 2.43. The molecule has 2 aromatic rings. The van der Waals surface area contributed by atoms with Crippen molar-refractivity contribution in [1.29, 1.82) is 0 Å². The van der Waals surface area contributed by atoms with Crippen LogP contribution in [0.15, 0.2) is 42.5 Å². The molecule has 0 saturated carbocycles. The van der Waals surface area contributed by atoms with Gasteiger partial charge in [0.05, 0.1) is 15.6 Å². The van der Waals surface area contributed by atoms with Crippen molar-refractivity contribution in [3.63, 3.8) is 0 Å². The highest BCUT2D eigenvalue weighted by molar-refractivity contribution is 6.42. The summed E-state index contributed by atoms with van der Waals surface area (Å²) in [5.74, 6) is -0.484. The molecule has 0 radical (unpaired) electrons. The minimum Gasteiger partial charge on any atom is -0.434 e. The number of alkyl halides is 2. The van der Waals surface area contributed by atoms with E-state index in [1.54, 1.807) is 24.3 Å². The number of carbonyl (C=O) groups excluding carboxylic acids is 1. The fraction of sp³-hybridized carbons (Fsp3) is 0.133. The molecule has 0 aliphatic carbocycles. The van der Waals surface area contributed by atoms with E-state index < -0.39 is 6.61 Å². The Labute approximate surface area is 130 Å². The van der Waals surface area contributed by atoms with E-state index in [-0.39, 0.29) is 23.5 Å². The maximum absolute atomic E-state index is 12.3. The minimum absolute atomic E-state index is 0.0144. The van der Waals surface area contributed by atoms with Crippen LogP contribution in [0.1, 0.15) is 15.9 Å². The van der Waals surface area contributed by atoms with E-state index in [0.29, 0.717) is 15.6 Å². The van der Waals surface area contributed by atoms with E-state index in [2.05, 4.69) is 4.74 Å². The number of para-hydroxylation sites is 1. The van der Waals surface area contributed by atoms with Gasteiger partial charge in [-0.3, -0.25) is 4.79 Å². The number of Topliss-reactive ketones (excluding diaryl/α,β-unsaturated/α-hetero) is 1. The minimum atomic E-state index is -2.98. The van der Waals surface area contributed by atoms with Gasteiger partial charge >= 0.3 is 6.61 Å². The fourth-order valence-corrected chi connectivity index (χ4v) is 2.15. The van der Waals surface area contributed by atoms with Crippen molar-refractivity contribution in [2.75, 3.05) is 0 Å². The summed E-state index contributed by atoms with van der Waals surface area (Å²) in [5.41, 5.74) is 0.741. The summed E-state index contributed by atoms with van der Waals surface area (Å²) in [6, 6.07) is 10.7. The smallest absolute Gasteiger partial charge is 0.387 e. The molecule has 0 unspecified atom stereocenters. The molecule has 0 amide bonds. The summed E-state index contributed by atoms with van der Waals surface area (Å²) in [7, 11) is 0. The summed E-state index contributed by atoms with van der Waals surface area (Å²) < 4.78 is 29.0. The normalized spacial score (nSPS) is 10.7. The third-order valence-corrected chi connectivity index (χ3v) is 3.49. The molecule has 0 spiro atoms. The molecular weight excluding hydrogens is 321 g/mol. The van der Waals surface area contributed by atoms with Gasteiger partial charge in [0.25, 0.3) is 0 Å². The molecule has 6 heteroatoms. The van der Waals surface area contributed by atoms with Gasteiger partial charge in [-0.2, -0.15) is 8.78 Å². The molecule has 2 nitrogen and oxygen atoms in total. The monoisotopic (exact) mass is 330 g/mol. The van der Waals surface area contributed by atoms with Crippen LogP contribution in [-0.4, -0.2) is 12.4 Å². The Morgan fingerprint density at radius 2 is 1.81 bits per heavy atom. The molecule has 0 atom stereocenters. The zero-order valence-corrected chi connectivity index (χ0v) is 12.2. The van der Waals surface area contributed by atoms with Gasteiger partial charge in [0.15, 0.2) is 5.78 Å². The van der Waals surface area contributed by atoms with Crippen molar-refractivity contribution in [2.45, 2.75) is 13.0 Å². The molecule has 0 aliphatic heterocycles. The second-order valence-corrected chi connectivity index (χ2v) is 5.04. The molecule has 0 saturated heterocycles. The molecule has 0 fully saturated rings. The van der Waals surface area contributed by atoms with Crippen LogP contribution < -0.4 is 4.74 Å². The standard InChI is InChI=1S/C15H10Cl2F2O2/c16-11-6-5-9(7-12(11)17)8-13(20)10-3-1-2-4-14(10)21-15(18)19/h1-7,15H,8H2. The highest BCUT2D eigenvalue weighted by Crippen LogP contribution is 2.25. The number of benzene rings is 2. The van der Waals surface area contributed by atoms with Crippen LogP contribution in [0.25, 0.3) is 0 Å². The lowest BCUT2D eigenvalue weighted by atomic mass is 10.0. The predicted molar refractivity (Wildman–Crippen MR) is 77.6 cm³/mol. The Hall–Kier alpha value is -1.65. The number of halogens is 4. The van der Waals surface area contributed by atoms with Gasteiger partial charge in [-0.05, 0) is 29.8 Å². The molecule has 2 rings (SSSR count). The van der Waals surface area contributed by atoms with Crippen LogP contribution >= 0.6 is 23.2 Å². The van der Waals surface area contributed by atoms with Crippen LogP contribution in [0.2, 0.25) is 10.0 Å². The van der Waals surface area contributed by atoms with Crippen LogP contribution in [0.5, 0.6) is 5.75 Å². The lowest BCUT2D eigenvalue weighted by molar-refractivity contribution is -0.0501. The first-order chi connectivity index (χ1) is 9.97. The van der Waals surface area contributed by atoms with Gasteiger partial charge in [-0.25, -0.2) is 0 Å². The summed E-state index contributed by atoms with van der Waals surface area (Å²) in [5, 5.41) is 0.716. The van der Waals surface area contributed by atoms with E-state index in [1.807, 2.05) is 0 Å². The molecule has 0 heterocycles. The first-order valence-electron chi connectivity index (χ1n) is 5.98. The molecule has 0 aliphatic rings. The van der Waals surface area contributed by atoms with Crippen molar-refractivity contribution in [2.24, 2.45) is 0 Å². The fourth-order valence-electron chi connectivity index (χ4n) is 1.83. The summed E-state index contributed by atoms with van der Waals surface area (Å²) in [6.07, 6.45) is 0.0144. The number of ketones is 1. The average molecular weight is 331 g/mol. The quantitative estimate of drug-likeness (QED) is 0.719. The predicted octanol–water partition coefficient (Wildman–Crippen LogP) is 5.02. The van der Waals surface area contributed by atoms with Crippen LogP contribution in [0.4, 0.5) is 8.78 Å². The molecule has 0 N–H and O–H groups in total. The second-order valence-electron chi connectivity index (χ2n) is 4.22. The molecule has 0 bridgehead atoms.